The van der Waals surface area contributed by atoms with Crippen molar-refractivity contribution in [2.75, 3.05) is 5.32 Å². The summed E-state index contributed by atoms with van der Waals surface area (Å²) < 4.78 is 64.6. The molecule has 0 bridgehead atoms. The number of aromatic nitrogens is 1. The van der Waals surface area contributed by atoms with Crippen LogP contribution in [-0.2, 0) is 17.0 Å². The van der Waals surface area contributed by atoms with Crippen molar-refractivity contribution in [3.05, 3.63) is 53.1 Å². The molecule has 3 rings (SSSR count). The van der Waals surface area contributed by atoms with Crippen molar-refractivity contribution in [3.63, 3.8) is 0 Å². The highest BCUT2D eigenvalue weighted by molar-refractivity contribution is 7.90. The molecule has 150 valence electrons. The number of carbonyl (C=O) groups is 1. The molecule has 1 aliphatic rings. The van der Waals surface area contributed by atoms with Crippen LogP contribution in [0.1, 0.15) is 23.0 Å². The minimum Gasteiger partial charge on any atom is -0.391 e. The second-order valence-electron chi connectivity index (χ2n) is 6.37. The van der Waals surface area contributed by atoms with Crippen molar-refractivity contribution in [1.82, 2.24) is 9.29 Å². The number of amides is 1. The van der Waals surface area contributed by atoms with E-state index in [4.69, 9.17) is 4.78 Å². The first-order chi connectivity index (χ1) is 13.0. The van der Waals surface area contributed by atoms with E-state index in [0.717, 1.165) is 0 Å². The third-order valence-electron chi connectivity index (χ3n) is 4.24. The van der Waals surface area contributed by atoms with Crippen molar-refractivity contribution >= 4 is 27.6 Å². The molecule has 0 fully saturated rings. The summed E-state index contributed by atoms with van der Waals surface area (Å²) in [7, 11) is -2.07. The molecule has 3 atom stereocenters. The van der Waals surface area contributed by atoms with E-state index in [1.807, 2.05) is 0 Å². The summed E-state index contributed by atoms with van der Waals surface area (Å²) >= 11 is 0. The molecule has 0 saturated heterocycles. The monoisotopic (exact) mass is 414 g/mol. The fourth-order valence-electron chi connectivity index (χ4n) is 2.86. The number of hydrogen-bond acceptors (Lipinski definition) is 4. The molecule has 0 radical (unpaired) electrons. The van der Waals surface area contributed by atoms with Gasteiger partial charge in [-0.1, -0.05) is 12.2 Å². The zero-order chi connectivity index (χ0) is 20.8. The molecule has 1 aromatic carbocycles. The quantitative estimate of drug-likeness (QED) is 0.579. The first-order valence-corrected chi connectivity index (χ1v) is 9.64. The van der Waals surface area contributed by atoms with Gasteiger partial charge in [0.05, 0.1) is 17.0 Å². The number of nitrogens with zero attached hydrogens (tertiary/aromatic N) is 1. The Morgan fingerprint density at radius 1 is 1.36 bits per heavy atom. The zero-order valence-corrected chi connectivity index (χ0v) is 15.6. The van der Waals surface area contributed by atoms with Gasteiger partial charge in [-0.25, -0.2) is 26.9 Å². The number of aliphatic hydroxyl groups is 1. The van der Waals surface area contributed by atoms with Crippen molar-refractivity contribution < 1.29 is 27.3 Å². The number of carbonyl (C=O) groups excluding carboxylic acids is 1. The Balaban J connectivity index is 2.04. The van der Waals surface area contributed by atoms with E-state index < -0.39 is 45.4 Å². The summed E-state index contributed by atoms with van der Waals surface area (Å²) in [6.45, 7) is 1.46. The van der Waals surface area contributed by atoms with E-state index in [9.17, 15) is 27.3 Å². The number of aliphatic hydroxyl groups excluding tert-OH is 1. The summed E-state index contributed by atoms with van der Waals surface area (Å²) in [5.41, 5.74) is -0.163. The van der Waals surface area contributed by atoms with E-state index in [1.165, 1.54) is 36.9 Å². The highest BCUT2D eigenvalue weighted by Gasteiger charge is 2.29. The van der Waals surface area contributed by atoms with Gasteiger partial charge in [0.15, 0.2) is 17.5 Å². The van der Waals surface area contributed by atoms with Crippen LogP contribution in [0, 0.1) is 22.2 Å². The molecule has 28 heavy (non-hydrogen) atoms. The van der Waals surface area contributed by atoms with Crippen LogP contribution in [0.3, 0.4) is 0 Å². The molecule has 7 nitrogen and oxygen atoms in total. The van der Waals surface area contributed by atoms with Gasteiger partial charge in [0.2, 0.25) is 0 Å². The molecule has 1 aromatic heterocycles. The summed E-state index contributed by atoms with van der Waals surface area (Å²) in [5, 5.41) is 12.0. The lowest BCUT2D eigenvalue weighted by atomic mass is 10.1. The molecule has 1 amide bonds. The van der Waals surface area contributed by atoms with Crippen molar-refractivity contribution in [2.24, 2.45) is 7.05 Å². The average molecular weight is 414 g/mol. The summed E-state index contributed by atoms with van der Waals surface area (Å²) in [4.78, 5) is 12.7. The molecule has 0 spiro atoms. The molecule has 3 unspecified atom stereocenters. The van der Waals surface area contributed by atoms with Crippen LogP contribution in [0.5, 0.6) is 0 Å². The van der Waals surface area contributed by atoms with Gasteiger partial charge in [0.1, 0.15) is 15.6 Å². The lowest BCUT2D eigenvalue weighted by Gasteiger charge is -2.17. The summed E-state index contributed by atoms with van der Waals surface area (Å²) in [5.74, 6) is -5.37. The second-order valence-corrected chi connectivity index (χ2v) is 8.16. The van der Waals surface area contributed by atoms with Gasteiger partial charge in [-0.2, -0.15) is 0 Å². The standard InChI is InChI=1S/C17H17F3N4O3S/c1-8(25)13-4-3-10-14(28(21,27)23-13)7-24(2)16(10)17(26)22-9-5-11(18)15(20)12(19)6-9/h3-8,13,25H,1-2H3,(H,22,26)(H2,21,23,27). The molecular weight excluding hydrogens is 397 g/mol. The van der Waals surface area contributed by atoms with Crippen LogP contribution >= 0.6 is 0 Å². The maximum Gasteiger partial charge on any atom is 0.272 e. The van der Waals surface area contributed by atoms with Crippen LogP contribution in [-0.4, -0.2) is 31.9 Å². The lowest BCUT2D eigenvalue weighted by Crippen LogP contribution is -2.39. The fraction of sp³-hybridized carbons (Fsp3) is 0.235. The Morgan fingerprint density at radius 2 is 1.96 bits per heavy atom. The summed E-state index contributed by atoms with van der Waals surface area (Å²) in [6.07, 6.45) is 3.30. The predicted octanol–water partition coefficient (Wildman–Crippen LogP) is 2.38. The Morgan fingerprint density at radius 3 is 2.54 bits per heavy atom. The largest absolute Gasteiger partial charge is 0.391 e. The zero-order valence-electron chi connectivity index (χ0n) is 14.8. The Bertz CT molecular complexity index is 1070. The minimum atomic E-state index is -3.54. The Labute approximate surface area is 159 Å². The third-order valence-corrected chi connectivity index (χ3v) is 5.79. The molecular formula is C17H17F3N4O3S. The highest BCUT2D eigenvalue weighted by atomic mass is 32.2. The normalized spacial score (nSPS) is 22.4. The topological polar surface area (TPSA) is 107 Å². The van der Waals surface area contributed by atoms with E-state index >= 15 is 0 Å². The Kier molecular flexibility index (Phi) is 5.08. The number of benzene rings is 1. The van der Waals surface area contributed by atoms with Crippen LogP contribution in [0.15, 0.2) is 29.3 Å². The van der Waals surface area contributed by atoms with Crippen LogP contribution in [0.25, 0.3) is 6.08 Å². The smallest absolute Gasteiger partial charge is 0.272 e. The number of nitrogens with one attached hydrogen (secondary N) is 3. The van der Waals surface area contributed by atoms with Gasteiger partial charge in [-0.15, -0.1) is 0 Å². The first-order valence-electron chi connectivity index (χ1n) is 8.09. The first kappa shape index (κ1) is 20.1. The Hall–Kier alpha value is -2.63. The maximum atomic E-state index is 13.4. The molecule has 4 N–H and O–H groups in total. The predicted molar refractivity (Wildman–Crippen MR) is 96.4 cm³/mol. The number of rotatable bonds is 3. The van der Waals surface area contributed by atoms with E-state index in [1.54, 1.807) is 0 Å². The fourth-order valence-corrected chi connectivity index (χ4v) is 4.43. The van der Waals surface area contributed by atoms with Crippen LogP contribution < -0.4 is 10.0 Å². The average Bonchev–Trinajstić information content (AvgIpc) is 2.87. The van der Waals surface area contributed by atoms with Crippen molar-refractivity contribution in [3.8, 4) is 0 Å². The maximum absolute atomic E-state index is 13.4. The molecule has 11 heteroatoms. The lowest BCUT2D eigenvalue weighted by molar-refractivity contribution is 0.101. The van der Waals surface area contributed by atoms with Gasteiger partial charge < -0.3 is 15.0 Å². The van der Waals surface area contributed by atoms with Crippen LogP contribution in [0.4, 0.5) is 18.9 Å². The highest BCUT2D eigenvalue weighted by Crippen LogP contribution is 2.28. The van der Waals surface area contributed by atoms with E-state index in [-0.39, 0.29) is 21.8 Å². The summed E-state index contributed by atoms with van der Waals surface area (Å²) in [6, 6.07) is 0.484. The molecule has 0 saturated carbocycles. The number of fused-ring (bicyclic) bond motifs is 1. The minimum absolute atomic E-state index is 0.0237. The van der Waals surface area contributed by atoms with Crippen molar-refractivity contribution in [1.29, 1.82) is 4.78 Å². The van der Waals surface area contributed by atoms with Gasteiger partial charge in [0.25, 0.3) is 5.91 Å². The van der Waals surface area contributed by atoms with Crippen molar-refractivity contribution in [2.45, 2.75) is 24.0 Å². The second kappa shape index (κ2) is 7.08. The van der Waals surface area contributed by atoms with Gasteiger partial charge in [-0.05, 0) is 6.92 Å². The van der Waals surface area contributed by atoms with Gasteiger partial charge in [0, 0.05) is 36.6 Å². The molecule has 0 aliphatic carbocycles. The van der Waals surface area contributed by atoms with E-state index in [0.29, 0.717) is 12.1 Å². The van der Waals surface area contributed by atoms with Crippen LogP contribution in [0.2, 0.25) is 0 Å². The van der Waals surface area contributed by atoms with Gasteiger partial charge in [-0.3, -0.25) is 4.79 Å². The third kappa shape index (κ3) is 3.55. The number of halogens is 3. The molecule has 1 aliphatic heterocycles. The van der Waals surface area contributed by atoms with E-state index in [2.05, 4.69) is 10.0 Å². The number of anilines is 1. The number of aryl methyl sites for hydroxylation is 1. The SMILES string of the molecule is CC(O)C1C=Cc2c(cn(C)c2C(=O)Nc2cc(F)c(F)c(F)c2)S(=N)(=O)N1. The number of hydrogen-bond donors (Lipinski definition) is 4. The molecule has 2 heterocycles. The molecule has 2 aromatic rings. The van der Waals surface area contributed by atoms with Gasteiger partial charge >= 0.3 is 0 Å².